The van der Waals surface area contributed by atoms with Crippen molar-refractivity contribution in [3.05, 3.63) is 18.3 Å². The number of aromatic nitrogens is 1. The van der Waals surface area contributed by atoms with Crippen LogP contribution in [0.2, 0.25) is 0 Å². The van der Waals surface area contributed by atoms with E-state index in [-0.39, 0.29) is 0 Å². The Balaban J connectivity index is 1.93. The second-order valence-electron chi connectivity index (χ2n) is 6.18. The highest BCUT2D eigenvalue weighted by atomic mass is 16.3. The lowest BCUT2D eigenvalue weighted by Crippen LogP contribution is -2.42. The number of hydrogen-bond acceptors (Lipinski definition) is 4. The topological polar surface area (TPSA) is 71.2 Å². The molecule has 0 atom stereocenters. The first-order chi connectivity index (χ1) is 8.40. The Bertz CT molecular complexity index is 407. The Morgan fingerprint density at radius 2 is 2.00 bits per heavy atom. The summed E-state index contributed by atoms with van der Waals surface area (Å²) in [5.74, 6) is 0.484. The normalized spacial score (nSPS) is 21.5. The van der Waals surface area contributed by atoms with Crippen molar-refractivity contribution in [3.63, 3.8) is 0 Å². The summed E-state index contributed by atoms with van der Waals surface area (Å²) < 4.78 is 0. The molecule has 0 unspecified atom stereocenters. The monoisotopic (exact) mass is 249 g/mol. The van der Waals surface area contributed by atoms with Crippen molar-refractivity contribution >= 4 is 11.5 Å². The van der Waals surface area contributed by atoms with E-state index in [1.54, 1.807) is 6.20 Å². The summed E-state index contributed by atoms with van der Waals surface area (Å²) in [6.07, 6.45) is 5.47. The standard InChI is InChI=1S/C14H23N3O/c1-13(2)5-7-14(18,8-6-13)10-17-11-4-3-9-16-12(11)15/h3-4,9,17-18H,5-8,10H2,1-2H3,(H2,15,16). The van der Waals surface area contributed by atoms with E-state index in [0.29, 0.717) is 17.8 Å². The van der Waals surface area contributed by atoms with Gasteiger partial charge in [-0.2, -0.15) is 0 Å². The first kappa shape index (κ1) is 13.1. The molecule has 0 amide bonds. The summed E-state index contributed by atoms with van der Waals surface area (Å²) in [6, 6.07) is 3.73. The molecule has 4 N–H and O–H groups in total. The number of anilines is 2. The van der Waals surface area contributed by atoms with E-state index < -0.39 is 5.60 Å². The van der Waals surface area contributed by atoms with Crippen LogP contribution in [0.3, 0.4) is 0 Å². The van der Waals surface area contributed by atoms with Gasteiger partial charge in [0.15, 0.2) is 0 Å². The van der Waals surface area contributed by atoms with E-state index in [9.17, 15) is 5.11 Å². The Morgan fingerprint density at radius 3 is 2.61 bits per heavy atom. The van der Waals surface area contributed by atoms with Crippen LogP contribution < -0.4 is 11.1 Å². The van der Waals surface area contributed by atoms with Crippen LogP contribution in [0.5, 0.6) is 0 Å². The second kappa shape index (κ2) is 4.76. The van der Waals surface area contributed by atoms with E-state index in [4.69, 9.17) is 5.73 Å². The van der Waals surface area contributed by atoms with E-state index in [1.807, 2.05) is 12.1 Å². The number of pyridine rings is 1. The SMILES string of the molecule is CC1(C)CCC(O)(CNc2cccnc2N)CC1. The summed E-state index contributed by atoms with van der Waals surface area (Å²) in [7, 11) is 0. The molecule has 0 aromatic carbocycles. The Hall–Kier alpha value is -1.29. The molecule has 1 aliphatic carbocycles. The third-order valence-electron chi connectivity index (χ3n) is 3.98. The van der Waals surface area contributed by atoms with Gasteiger partial charge < -0.3 is 16.2 Å². The first-order valence-corrected chi connectivity index (χ1v) is 6.57. The predicted molar refractivity (Wildman–Crippen MR) is 74.3 cm³/mol. The highest BCUT2D eigenvalue weighted by molar-refractivity contribution is 5.60. The van der Waals surface area contributed by atoms with Gasteiger partial charge in [-0.1, -0.05) is 13.8 Å². The van der Waals surface area contributed by atoms with Gasteiger partial charge in [-0.25, -0.2) is 4.98 Å². The van der Waals surface area contributed by atoms with Crippen LogP contribution in [0.15, 0.2) is 18.3 Å². The molecule has 0 saturated heterocycles. The maximum absolute atomic E-state index is 10.5. The molecule has 18 heavy (non-hydrogen) atoms. The molecule has 4 nitrogen and oxygen atoms in total. The minimum atomic E-state index is -0.613. The van der Waals surface area contributed by atoms with E-state index >= 15 is 0 Å². The fourth-order valence-corrected chi connectivity index (χ4v) is 2.40. The van der Waals surface area contributed by atoms with Gasteiger partial charge in [0.05, 0.1) is 11.3 Å². The zero-order valence-corrected chi connectivity index (χ0v) is 11.2. The minimum absolute atomic E-state index is 0.361. The average Bonchev–Trinajstić information content (AvgIpc) is 2.33. The molecule has 0 spiro atoms. The lowest BCUT2D eigenvalue weighted by Gasteiger charge is -2.40. The van der Waals surface area contributed by atoms with Crippen molar-refractivity contribution in [1.82, 2.24) is 4.98 Å². The molecule has 1 aromatic heterocycles. The van der Waals surface area contributed by atoms with Crippen LogP contribution in [-0.4, -0.2) is 22.2 Å². The molecular formula is C14H23N3O. The van der Waals surface area contributed by atoms with Crippen molar-refractivity contribution < 1.29 is 5.11 Å². The Labute approximate surface area is 109 Å². The van der Waals surface area contributed by atoms with Crippen molar-refractivity contribution in [2.24, 2.45) is 5.41 Å². The summed E-state index contributed by atoms with van der Waals surface area (Å²) in [4.78, 5) is 4.02. The lowest BCUT2D eigenvalue weighted by molar-refractivity contribution is -0.0145. The summed E-state index contributed by atoms with van der Waals surface area (Å²) in [5, 5.41) is 13.7. The van der Waals surface area contributed by atoms with Gasteiger partial charge in [0.1, 0.15) is 5.82 Å². The molecule has 0 bridgehead atoms. The van der Waals surface area contributed by atoms with E-state index in [2.05, 4.69) is 24.1 Å². The second-order valence-corrected chi connectivity index (χ2v) is 6.18. The third kappa shape index (κ3) is 3.13. The van der Waals surface area contributed by atoms with Crippen molar-refractivity contribution in [1.29, 1.82) is 0 Å². The predicted octanol–water partition coefficient (Wildman–Crippen LogP) is 2.41. The fraction of sp³-hybridized carbons (Fsp3) is 0.643. The number of aliphatic hydroxyl groups is 1. The van der Waals surface area contributed by atoms with Crippen LogP contribution in [0.25, 0.3) is 0 Å². The van der Waals surface area contributed by atoms with Crippen molar-refractivity contribution in [3.8, 4) is 0 Å². The van der Waals surface area contributed by atoms with Crippen LogP contribution in [0.1, 0.15) is 39.5 Å². The first-order valence-electron chi connectivity index (χ1n) is 6.57. The number of hydrogen-bond donors (Lipinski definition) is 3. The van der Waals surface area contributed by atoms with Crippen LogP contribution in [0.4, 0.5) is 11.5 Å². The number of nitrogen functional groups attached to an aromatic ring is 1. The summed E-state index contributed by atoms with van der Waals surface area (Å²) in [6.45, 7) is 5.07. The van der Waals surface area contributed by atoms with E-state index in [1.165, 1.54) is 0 Å². The fourth-order valence-electron chi connectivity index (χ4n) is 2.40. The Kier molecular flexibility index (Phi) is 3.48. The van der Waals surface area contributed by atoms with Crippen LogP contribution in [0, 0.1) is 5.41 Å². The summed E-state index contributed by atoms with van der Waals surface area (Å²) >= 11 is 0. The van der Waals surface area contributed by atoms with Gasteiger partial charge in [0.2, 0.25) is 0 Å². The molecule has 1 fully saturated rings. The quantitative estimate of drug-likeness (QED) is 0.769. The molecule has 4 heteroatoms. The largest absolute Gasteiger partial charge is 0.388 e. The molecule has 1 heterocycles. The number of nitrogens with zero attached hydrogens (tertiary/aromatic N) is 1. The Morgan fingerprint density at radius 1 is 1.33 bits per heavy atom. The molecule has 2 rings (SSSR count). The maximum Gasteiger partial charge on any atom is 0.146 e. The molecule has 0 aliphatic heterocycles. The summed E-state index contributed by atoms with van der Waals surface area (Å²) in [5.41, 5.74) is 6.32. The molecule has 1 aliphatic rings. The molecular weight excluding hydrogens is 226 g/mol. The highest BCUT2D eigenvalue weighted by Gasteiger charge is 2.36. The van der Waals surface area contributed by atoms with Gasteiger partial charge >= 0.3 is 0 Å². The number of nitrogens with two attached hydrogens (primary N) is 1. The van der Waals surface area contributed by atoms with E-state index in [0.717, 1.165) is 31.4 Å². The molecule has 1 saturated carbocycles. The molecule has 100 valence electrons. The maximum atomic E-state index is 10.5. The van der Waals surface area contributed by atoms with Crippen molar-refractivity contribution in [2.45, 2.75) is 45.1 Å². The minimum Gasteiger partial charge on any atom is -0.388 e. The average molecular weight is 249 g/mol. The van der Waals surface area contributed by atoms with Gasteiger partial charge in [0, 0.05) is 12.7 Å². The third-order valence-corrected chi connectivity index (χ3v) is 3.98. The zero-order valence-electron chi connectivity index (χ0n) is 11.2. The van der Waals surface area contributed by atoms with Gasteiger partial charge in [-0.15, -0.1) is 0 Å². The zero-order chi connectivity index (χ0) is 13.2. The van der Waals surface area contributed by atoms with Crippen LogP contribution in [-0.2, 0) is 0 Å². The van der Waals surface area contributed by atoms with Crippen molar-refractivity contribution in [2.75, 3.05) is 17.6 Å². The smallest absolute Gasteiger partial charge is 0.146 e. The highest BCUT2D eigenvalue weighted by Crippen LogP contribution is 2.40. The van der Waals surface area contributed by atoms with Gasteiger partial charge in [0.25, 0.3) is 0 Å². The lowest BCUT2D eigenvalue weighted by atomic mass is 9.71. The number of nitrogens with one attached hydrogen (secondary N) is 1. The van der Waals surface area contributed by atoms with Gasteiger partial charge in [-0.3, -0.25) is 0 Å². The van der Waals surface area contributed by atoms with Gasteiger partial charge in [-0.05, 0) is 43.2 Å². The molecule has 0 radical (unpaired) electrons. The molecule has 1 aromatic rings. The van der Waals surface area contributed by atoms with Crippen LogP contribution >= 0.6 is 0 Å². The number of rotatable bonds is 3.